The second-order valence-corrected chi connectivity index (χ2v) is 8.49. The molecule has 4 fully saturated rings. The molecule has 2 unspecified atom stereocenters. The van der Waals surface area contributed by atoms with Crippen LogP contribution in [-0.2, 0) is 17.8 Å². The van der Waals surface area contributed by atoms with Crippen molar-refractivity contribution >= 4 is 18.1 Å². The first-order valence-electron chi connectivity index (χ1n) is 9.04. The van der Waals surface area contributed by atoms with E-state index >= 15 is 0 Å². The number of alkyl halides is 1. The summed E-state index contributed by atoms with van der Waals surface area (Å²) < 4.78 is 17.5. The maximum absolute atomic E-state index is 15.0. The second kappa shape index (κ2) is 5.64. The summed E-state index contributed by atoms with van der Waals surface area (Å²) in [5.74, 6) is 1.74. The Labute approximate surface area is 146 Å². The van der Waals surface area contributed by atoms with Crippen LogP contribution in [-0.4, -0.2) is 32.9 Å². The fourth-order valence-corrected chi connectivity index (χ4v) is 5.98. The average molecular weight is 352 g/mol. The van der Waals surface area contributed by atoms with Crippen molar-refractivity contribution in [2.45, 2.75) is 64.1 Å². The number of aromatic amines is 1. The molecule has 24 heavy (non-hydrogen) atoms. The van der Waals surface area contributed by atoms with E-state index in [4.69, 9.17) is 12.2 Å². The van der Waals surface area contributed by atoms with Crippen molar-refractivity contribution in [1.29, 1.82) is 0 Å². The minimum atomic E-state index is -1.09. The van der Waals surface area contributed by atoms with Gasteiger partial charge in [0.25, 0.3) is 0 Å². The molecule has 1 aromatic heterocycles. The number of hydrogen-bond acceptors (Lipinski definition) is 3. The molecule has 0 saturated heterocycles. The quantitative estimate of drug-likeness (QED) is 0.801. The number of rotatable bonds is 5. The van der Waals surface area contributed by atoms with Gasteiger partial charge < -0.3 is 9.88 Å². The molecule has 4 bridgehead atoms. The van der Waals surface area contributed by atoms with Gasteiger partial charge in [0.1, 0.15) is 11.5 Å². The summed E-state index contributed by atoms with van der Waals surface area (Å²) in [5, 5.41) is 10.0. The number of aromatic nitrogens is 3. The summed E-state index contributed by atoms with van der Waals surface area (Å²) in [6, 6.07) is 0. The third-order valence-corrected chi connectivity index (χ3v) is 6.56. The number of halogens is 1. The maximum Gasteiger partial charge on any atom is 0.226 e. The molecule has 0 radical (unpaired) electrons. The van der Waals surface area contributed by atoms with E-state index < -0.39 is 11.1 Å². The molecule has 4 saturated carbocycles. The van der Waals surface area contributed by atoms with E-state index in [0.717, 1.165) is 31.5 Å². The number of nitrogens with zero attached hydrogens (tertiary/aromatic N) is 2. The van der Waals surface area contributed by atoms with Gasteiger partial charge in [0, 0.05) is 19.5 Å². The highest BCUT2D eigenvalue weighted by molar-refractivity contribution is 7.71. The number of carbonyl (C=O) groups excluding carboxylic acids is 1. The van der Waals surface area contributed by atoms with E-state index in [9.17, 15) is 9.18 Å². The molecule has 132 valence electrons. The van der Waals surface area contributed by atoms with Crippen molar-refractivity contribution in [3.8, 4) is 0 Å². The lowest BCUT2D eigenvalue weighted by Gasteiger charge is -2.58. The van der Waals surface area contributed by atoms with Gasteiger partial charge in [-0.2, -0.15) is 5.10 Å². The van der Waals surface area contributed by atoms with Gasteiger partial charge >= 0.3 is 0 Å². The molecule has 0 aromatic carbocycles. The molecule has 4 aliphatic rings. The molecule has 0 aliphatic heterocycles. The van der Waals surface area contributed by atoms with Crippen LogP contribution in [0.15, 0.2) is 0 Å². The maximum atomic E-state index is 15.0. The number of H-pyrrole nitrogens is 1. The Balaban J connectivity index is 1.42. The van der Waals surface area contributed by atoms with Crippen molar-refractivity contribution in [2.24, 2.45) is 17.3 Å². The largest absolute Gasteiger partial charge is 0.354 e. The molecule has 7 heteroatoms. The highest BCUT2D eigenvalue weighted by Gasteiger charge is 2.61. The molecule has 5 nitrogen and oxygen atoms in total. The normalized spacial score (nSPS) is 36.9. The standard InChI is InChI=1S/C17H25FN4OS/c1-2-13-20-21-15(24)22(13)4-3-19-14(23)16-6-11-5-12(7-16)9-17(18,8-11)10-16/h11-12H,2-10H2,1H3,(H,19,23)(H,21,24). The SMILES string of the molecule is CCc1n[nH]c(=S)n1CCNC(=O)C12CC3CC(CC(F)(C3)C1)C2. The lowest BCUT2D eigenvalue weighted by atomic mass is 9.48. The van der Waals surface area contributed by atoms with Crippen molar-refractivity contribution in [1.82, 2.24) is 20.1 Å². The van der Waals surface area contributed by atoms with Crippen LogP contribution in [0.3, 0.4) is 0 Å². The molecule has 5 rings (SSSR count). The molecular weight excluding hydrogens is 327 g/mol. The van der Waals surface area contributed by atoms with Gasteiger partial charge in [-0.15, -0.1) is 0 Å². The molecular formula is C17H25FN4OS. The van der Waals surface area contributed by atoms with Gasteiger partial charge in [-0.25, -0.2) is 4.39 Å². The van der Waals surface area contributed by atoms with Crippen LogP contribution in [0.1, 0.15) is 51.3 Å². The predicted molar refractivity (Wildman–Crippen MR) is 90.8 cm³/mol. The minimum absolute atomic E-state index is 0.0479. The summed E-state index contributed by atoms with van der Waals surface area (Å²) >= 11 is 5.23. The molecule has 2 N–H and O–H groups in total. The first-order chi connectivity index (χ1) is 11.4. The van der Waals surface area contributed by atoms with E-state index in [-0.39, 0.29) is 5.91 Å². The Morgan fingerprint density at radius 3 is 2.75 bits per heavy atom. The summed E-state index contributed by atoms with van der Waals surface area (Å²) in [6.07, 6.45) is 5.40. The molecule has 1 heterocycles. The summed E-state index contributed by atoms with van der Waals surface area (Å²) in [5.41, 5.74) is -1.56. The Morgan fingerprint density at radius 2 is 2.12 bits per heavy atom. The first kappa shape index (κ1) is 16.2. The molecule has 1 amide bonds. The zero-order chi connectivity index (χ0) is 16.9. The van der Waals surface area contributed by atoms with Crippen LogP contribution in [0.25, 0.3) is 0 Å². The van der Waals surface area contributed by atoms with Gasteiger partial charge in [0.2, 0.25) is 5.91 Å². The van der Waals surface area contributed by atoms with Crippen molar-refractivity contribution in [3.63, 3.8) is 0 Å². The van der Waals surface area contributed by atoms with Crippen LogP contribution >= 0.6 is 12.2 Å². The lowest BCUT2D eigenvalue weighted by Crippen LogP contribution is -2.59. The van der Waals surface area contributed by atoms with Gasteiger partial charge in [0.15, 0.2) is 4.77 Å². The van der Waals surface area contributed by atoms with Crippen LogP contribution in [0, 0.1) is 22.0 Å². The van der Waals surface area contributed by atoms with Crippen molar-refractivity contribution < 1.29 is 9.18 Å². The van der Waals surface area contributed by atoms with Gasteiger partial charge in [0.05, 0.1) is 5.41 Å². The second-order valence-electron chi connectivity index (χ2n) is 8.10. The number of nitrogens with one attached hydrogen (secondary N) is 2. The monoisotopic (exact) mass is 352 g/mol. The Morgan fingerprint density at radius 1 is 1.42 bits per heavy atom. The zero-order valence-corrected chi connectivity index (χ0v) is 14.9. The van der Waals surface area contributed by atoms with E-state index in [2.05, 4.69) is 15.5 Å². The Bertz CT molecular complexity index is 698. The van der Waals surface area contributed by atoms with Crippen molar-refractivity contribution in [3.05, 3.63) is 10.6 Å². The summed E-state index contributed by atoms with van der Waals surface area (Å²) in [7, 11) is 0. The van der Waals surface area contributed by atoms with E-state index in [1.165, 1.54) is 0 Å². The van der Waals surface area contributed by atoms with E-state index in [1.54, 1.807) is 0 Å². The van der Waals surface area contributed by atoms with Gasteiger partial charge in [-0.1, -0.05) is 6.92 Å². The van der Waals surface area contributed by atoms with E-state index in [1.807, 2.05) is 11.5 Å². The van der Waals surface area contributed by atoms with Crippen molar-refractivity contribution in [2.75, 3.05) is 6.54 Å². The highest BCUT2D eigenvalue weighted by atomic mass is 32.1. The topological polar surface area (TPSA) is 62.7 Å². The Kier molecular flexibility index (Phi) is 3.82. The predicted octanol–water partition coefficient (Wildman–Crippen LogP) is 2.93. The highest BCUT2D eigenvalue weighted by Crippen LogP contribution is 2.62. The summed E-state index contributed by atoms with van der Waals surface area (Å²) in [6.45, 7) is 3.14. The number of aryl methyl sites for hydroxylation is 1. The number of carbonyl (C=O) groups is 1. The summed E-state index contributed by atoms with van der Waals surface area (Å²) in [4.78, 5) is 12.9. The minimum Gasteiger partial charge on any atom is -0.354 e. The first-order valence-corrected chi connectivity index (χ1v) is 9.45. The third-order valence-electron chi connectivity index (χ3n) is 6.25. The Hall–Kier alpha value is -1.24. The molecule has 0 spiro atoms. The van der Waals surface area contributed by atoms with Crippen LogP contribution in [0.5, 0.6) is 0 Å². The third kappa shape index (κ3) is 2.61. The average Bonchev–Trinajstić information content (AvgIpc) is 2.85. The van der Waals surface area contributed by atoms with Crippen LogP contribution < -0.4 is 5.32 Å². The number of amides is 1. The number of hydrogen-bond donors (Lipinski definition) is 2. The fourth-order valence-electron chi connectivity index (χ4n) is 5.74. The van der Waals surface area contributed by atoms with Gasteiger partial charge in [-0.05, 0) is 62.6 Å². The zero-order valence-electron chi connectivity index (χ0n) is 14.1. The molecule has 2 atom stereocenters. The smallest absolute Gasteiger partial charge is 0.226 e. The molecule has 4 aliphatic carbocycles. The lowest BCUT2D eigenvalue weighted by molar-refractivity contribution is -0.160. The molecule has 1 aromatic rings. The van der Waals surface area contributed by atoms with E-state index in [0.29, 0.717) is 49.0 Å². The van der Waals surface area contributed by atoms with Crippen LogP contribution in [0.2, 0.25) is 0 Å². The van der Waals surface area contributed by atoms with Gasteiger partial charge in [-0.3, -0.25) is 9.89 Å². The fraction of sp³-hybridized carbons (Fsp3) is 0.824. The van der Waals surface area contributed by atoms with Crippen LogP contribution in [0.4, 0.5) is 4.39 Å².